The molecule has 0 unspecified atom stereocenters. The third kappa shape index (κ3) is 2.43. The Kier molecular flexibility index (Phi) is 3.15. The van der Waals surface area contributed by atoms with Crippen LogP contribution >= 0.6 is 0 Å². The average molecular weight is 207 g/mol. The summed E-state index contributed by atoms with van der Waals surface area (Å²) in [6, 6.07) is 0.654. The van der Waals surface area contributed by atoms with Crippen molar-refractivity contribution >= 4 is 0 Å². The lowest BCUT2D eigenvalue weighted by atomic mass is 10.1. The molecule has 2 rings (SSSR count). The highest BCUT2D eigenvalue weighted by atomic mass is 16.5. The molecule has 0 aromatic carbocycles. The zero-order valence-corrected chi connectivity index (χ0v) is 9.99. The first-order chi connectivity index (χ1) is 7.16. The molecular weight excluding hydrogens is 186 g/mol. The van der Waals surface area contributed by atoms with Gasteiger partial charge >= 0.3 is 0 Å². The average Bonchev–Trinajstić information content (AvgIpc) is 2.12. The Morgan fingerprint density at radius 1 is 1.27 bits per heavy atom. The topological polar surface area (TPSA) is 12.5 Å². The van der Waals surface area contributed by atoms with Gasteiger partial charge in [0.15, 0.2) is 0 Å². The first kappa shape index (κ1) is 10.7. The van der Waals surface area contributed by atoms with Gasteiger partial charge in [-0.3, -0.25) is 4.90 Å². The zero-order valence-electron chi connectivity index (χ0n) is 9.99. The highest BCUT2D eigenvalue weighted by Gasteiger charge is 2.30. The van der Waals surface area contributed by atoms with Crippen molar-refractivity contribution in [2.24, 2.45) is 0 Å². The van der Waals surface area contributed by atoms with Gasteiger partial charge in [0.25, 0.3) is 0 Å². The van der Waals surface area contributed by atoms with Crippen LogP contribution in [0.25, 0.3) is 0 Å². The molecule has 1 aliphatic heterocycles. The van der Waals surface area contributed by atoms with E-state index in [0.717, 1.165) is 25.3 Å². The number of hydrogen-bond acceptors (Lipinski definition) is 2. The van der Waals surface area contributed by atoms with Crippen molar-refractivity contribution in [2.75, 3.05) is 13.1 Å². The fourth-order valence-electron chi connectivity index (χ4n) is 2.06. The molecule has 0 radical (unpaired) electrons. The number of likely N-dealkylation sites (tertiary alicyclic amines) is 1. The van der Waals surface area contributed by atoms with E-state index in [9.17, 15) is 0 Å². The van der Waals surface area contributed by atoms with Crippen molar-refractivity contribution in [3.63, 3.8) is 0 Å². The molecule has 1 heterocycles. The minimum atomic E-state index is 0.417. The van der Waals surface area contributed by atoms with Gasteiger partial charge in [0.2, 0.25) is 0 Å². The van der Waals surface area contributed by atoms with Gasteiger partial charge in [0, 0.05) is 19.1 Å². The van der Waals surface area contributed by atoms with Gasteiger partial charge in [-0.1, -0.05) is 6.08 Å². The summed E-state index contributed by atoms with van der Waals surface area (Å²) >= 11 is 0. The Morgan fingerprint density at radius 2 is 1.93 bits per heavy atom. The first-order valence-electron chi connectivity index (χ1n) is 5.95. The lowest BCUT2D eigenvalue weighted by Gasteiger charge is -2.42. The molecular formula is C13H21NO. The maximum absolute atomic E-state index is 5.97. The predicted molar refractivity (Wildman–Crippen MR) is 62.7 cm³/mol. The summed E-state index contributed by atoms with van der Waals surface area (Å²) < 4.78 is 5.97. The Labute approximate surface area is 92.6 Å². The van der Waals surface area contributed by atoms with Crippen LogP contribution < -0.4 is 0 Å². The highest BCUT2D eigenvalue weighted by Crippen LogP contribution is 2.24. The van der Waals surface area contributed by atoms with Crippen molar-refractivity contribution in [1.82, 2.24) is 4.90 Å². The molecule has 1 fully saturated rings. The van der Waals surface area contributed by atoms with Gasteiger partial charge in [0.05, 0.1) is 0 Å². The SMILES string of the molecule is CC1=CCCC=C1OC1CN(C(C)C)C1. The maximum Gasteiger partial charge on any atom is 0.124 e. The van der Waals surface area contributed by atoms with Crippen LogP contribution in [0.3, 0.4) is 0 Å². The third-order valence-corrected chi connectivity index (χ3v) is 3.24. The second-order valence-electron chi connectivity index (χ2n) is 4.82. The molecule has 0 spiro atoms. The Balaban J connectivity index is 1.80. The summed E-state index contributed by atoms with van der Waals surface area (Å²) in [7, 11) is 0. The van der Waals surface area contributed by atoms with E-state index in [0.29, 0.717) is 12.1 Å². The van der Waals surface area contributed by atoms with Crippen molar-refractivity contribution in [3.05, 3.63) is 23.5 Å². The lowest BCUT2D eigenvalue weighted by Crippen LogP contribution is -2.54. The monoisotopic (exact) mass is 207 g/mol. The van der Waals surface area contributed by atoms with Crippen LogP contribution in [0.4, 0.5) is 0 Å². The van der Waals surface area contributed by atoms with Gasteiger partial charge in [0.1, 0.15) is 11.9 Å². The maximum atomic E-state index is 5.97. The van der Waals surface area contributed by atoms with E-state index >= 15 is 0 Å². The fraction of sp³-hybridized carbons (Fsp3) is 0.692. The summed E-state index contributed by atoms with van der Waals surface area (Å²) in [6.07, 6.45) is 7.22. The smallest absolute Gasteiger partial charge is 0.124 e. The Hall–Kier alpha value is -0.760. The number of hydrogen-bond donors (Lipinski definition) is 0. The van der Waals surface area contributed by atoms with Crippen LogP contribution in [-0.2, 0) is 4.74 Å². The molecule has 0 aromatic heterocycles. The van der Waals surface area contributed by atoms with E-state index in [4.69, 9.17) is 4.74 Å². The van der Waals surface area contributed by atoms with E-state index in [2.05, 4.69) is 37.8 Å². The second-order valence-corrected chi connectivity index (χ2v) is 4.82. The third-order valence-electron chi connectivity index (χ3n) is 3.24. The molecule has 1 aliphatic carbocycles. The molecule has 2 heteroatoms. The fourth-order valence-corrected chi connectivity index (χ4v) is 2.06. The molecule has 15 heavy (non-hydrogen) atoms. The first-order valence-corrected chi connectivity index (χ1v) is 5.95. The van der Waals surface area contributed by atoms with Crippen molar-refractivity contribution in [3.8, 4) is 0 Å². The Bertz CT molecular complexity index is 285. The van der Waals surface area contributed by atoms with Crippen molar-refractivity contribution in [2.45, 2.75) is 45.8 Å². The largest absolute Gasteiger partial charge is 0.488 e. The summed E-state index contributed by atoms with van der Waals surface area (Å²) in [4.78, 5) is 2.44. The molecule has 0 bridgehead atoms. The molecule has 2 nitrogen and oxygen atoms in total. The molecule has 1 saturated heterocycles. The van der Waals surface area contributed by atoms with Crippen molar-refractivity contribution < 1.29 is 4.74 Å². The molecule has 0 atom stereocenters. The van der Waals surface area contributed by atoms with Crippen LogP contribution in [0.1, 0.15) is 33.6 Å². The van der Waals surface area contributed by atoms with Gasteiger partial charge in [-0.25, -0.2) is 0 Å². The molecule has 0 aromatic rings. The molecule has 0 amide bonds. The summed E-state index contributed by atoms with van der Waals surface area (Å²) in [6.45, 7) is 8.79. The number of nitrogens with zero attached hydrogens (tertiary/aromatic N) is 1. The second kappa shape index (κ2) is 4.40. The van der Waals surface area contributed by atoms with E-state index in [-0.39, 0.29) is 0 Å². The van der Waals surface area contributed by atoms with Crippen molar-refractivity contribution in [1.29, 1.82) is 0 Å². The van der Waals surface area contributed by atoms with E-state index in [1.165, 1.54) is 12.0 Å². The molecule has 84 valence electrons. The van der Waals surface area contributed by atoms with Gasteiger partial charge < -0.3 is 4.74 Å². The number of rotatable bonds is 3. The van der Waals surface area contributed by atoms with Crippen LogP contribution in [-0.4, -0.2) is 30.1 Å². The normalized spacial score (nSPS) is 23.5. The molecule has 0 saturated carbocycles. The molecule has 0 N–H and O–H groups in total. The summed E-state index contributed by atoms with van der Waals surface area (Å²) in [5.41, 5.74) is 1.31. The van der Waals surface area contributed by atoms with Crippen LogP contribution in [0.5, 0.6) is 0 Å². The van der Waals surface area contributed by atoms with E-state index in [1.54, 1.807) is 0 Å². The number of ether oxygens (including phenoxy) is 1. The summed E-state index contributed by atoms with van der Waals surface area (Å²) in [5.74, 6) is 1.12. The van der Waals surface area contributed by atoms with Crippen LogP contribution in [0.15, 0.2) is 23.5 Å². The van der Waals surface area contributed by atoms with E-state index in [1.807, 2.05) is 0 Å². The summed E-state index contributed by atoms with van der Waals surface area (Å²) in [5, 5.41) is 0. The minimum Gasteiger partial charge on any atom is -0.488 e. The zero-order chi connectivity index (χ0) is 10.8. The standard InChI is InChI=1S/C13H21NO/c1-10(2)14-8-12(9-14)15-13-7-5-4-6-11(13)3/h6-7,10,12H,4-5,8-9H2,1-3H3. The highest BCUT2D eigenvalue weighted by molar-refractivity contribution is 5.27. The number of allylic oxidation sites excluding steroid dienone is 3. The lowest BCUT2D eigenvalue weighted by molar-refractivity contribution is -0.0347. The predicted octanol–water partition coefficient (Wildman–Crippen LogP) is 2.72. The van der Waals surface area contributed by atoms with Crippen LogP contribution in [0.2, 0.25) is 0 Å². The van der Waals surface area contributed by atoms with Gasteiger partial charge in [-0.15, -0.1) is 0 Å². The van der Waals surface area contributed by atoms with Crippen LogP contribution in [0, 0.1) is 0 Å². The Morgan fingerprint density at radius 3 is 2.53 bits per heavy atom. The van der Waals surface area contributed by atoms with Gasteiger partial charge in [-0.2, -0.15) is 0 Å². The van der Waals surface area contributed by atoms with E-state index < -0.39 is 0 Å². The quantitative estimate of drug-likeness (QED) is 0.705. The molecule has 2 aliphatic rings. The minimum absolute atomic E-state index is 0.417. The van der Waals surface area contributed by atoms with Gasteiger partial charge in [-0.05, 0) is 45.3 Å².